The molecule has 0 aromatic carbocycles. The Balaban J connectivity index is 2.16. The van der Waals surface area contributed by atoms with E-state index in [-0.39, 0.29) is 19.7 Å². The summed E-state index contributed by atoms with van der Waals surface area (Å²) in [4.78, 5) is 25.5. The van der Waals surface area contributed by atoms with Crippen LogP contribution in [-0.2, 0) is 20.7 Å². The molecule has 1 amide bonds. The van der Waals surface area contributed by atoms with Gasteiger partial charge in [-0.25, -0.2) is 0 Å². The monoisotopic (exact) mass is 254 g/mol. The molecule has 0 bridgehead atoms. The lowest BCUT2D eigenvalue weighted by atomic mass is 10.3. The van der Waals surface area contributed by atoms with Crippen LogP contribution in [0, 0.1) is 0 Å². The normalized spacial score (nSPS) is 9.18. The molecule has 1 aromatic rings. The van der Waals surface area contributed by atoms with Gasteiger partial charge in [-0.2, -0.15) is 0 Å². The van der Waals surface area contributed by atoms with Crippen molar-refractivity contribution in [3.63, 3.8) is 0 Å². The van der Waals surface area contributed by atoms with Crippen molar-refractivity contribution in [2.75, 3.05) is 13.3 Å². The number of nitrogens with zero attached hydrogens (tertiary/aromatic N) is 3. The van der Waals surface area contributed by atoms with Crippen LogP contribution in [0.5, 0.6) is 0 Å². The number of nitrogens with one attached hydrogen (secondary N) is 1. The molecule has 0 aliphatic rings. The first kappa shape index (κ1) is 13.0. The maximum atomic E-state index is 11.3. The predicted octanol–water partition coefficient (Wildman–Crippen LogP) is 1.22. The number of rotatable bonds is 6. The first-order valence-corrected chi connectivity index (χ1v) is 5.56. The fourth-order valence-corrected chi connectivity index (χ4v) is 1.65. The van der Waals surface area contributed by atoms with Gasteiger partial charge >= 0.3 is 5.97 Å². The van der Waals surface area contributed by atoms with Crippen LogP contribution >= 0.6 is 11.3 Å². The summed E-state index contributed by atoms with van der Waals surface area (Å²) in [6.07, 6.45) is 0.184. The average molecular weight is 254 g/mol. The van der Waals surface area contributed by atoms with Gasteiger partial charge in [0.1, 0.15) is 6.54 Å². The van der Waals surface area contributed by atoms with Crippen LogP contribution in [0.1, 0.15) is 4.88 Å². The number of carbonyl (C=O) groups excluding carboxylic acids is 2. The van der Waals surface area contributed by atoms with Gasteiger partial charge in [-0.05, 0) is 17.0 Å². The zero-order valence-electron chi connectivity index (χ0n) is 8.83. The van der Waals surface area contributed by atoms with E-state index in [9.17, 15) is 9.59 Å². The summed E-state index contributed by atoms with van der Waals surface area (Å²) in [6, 6.07) is 3.67. The van der Waals surface area contributed by atoms with E-state index in [1.165, 1.54) is 11.3 Å². The molecule has 0 atom stereocenters. The molecule has 8 heteroatoms. The van der Waals surface area contributed by atoms with Crippen molar-refractivity contribution >= 4 is 23.2 Å². The Morgan fingerprint density at radius 2 is 2.41 bits per heavy atom. The Bertz CT molecular complexity index is 425. The van der Waals surface area contributed by atoms with Crippen molar-refractivity contribution in [2.24, 2.45) is 5.11 Å². The largest absolute Gasteiger partial charge is 0.444 e. The van der Waals surface area contributed by atoms with Crippen molar-refractivity contribution in [1.29, 1.82) is 0 Å². The minimum absolute atomic E-state index is 0.184. The van der Waals surface area contributed by atoms with Crippen LogP contribution in [0.25, 0.3) is 10.4 Å². The maximum Gasteiger partial charge on any atom is 0.312 e. The smallest absolute Gasteiger partial charge is 0.312 e. The third-order valence-corrected chi connectivity index (χ3v) is 2.56. The molecular formula is C9H10N4O3S. The highest BCUT2D eigenvalue weighted by Crippen LogP contribution is 2.09. The lowest BCUT2D eigenvalue weighted by molar-refractivity contribution is -0.144. The van der Waals surface area contributed by atoms with Crippen LogP contribution in [0.3, 0.4) is 0 Å². The lowest BCUT2D eigenvalue weighted by Gasteiger charge is -2.04. The van der Waals surface area contributed by atoms with Crippen molar-refractivity contribution in [2.45, 2.75) is 6.42 Å². The second kappa shape index (κ2) is 7.26. The van der Waals surface area contributed by atoms with E-state index < -0.39 is 11.9 Å². The van der Waals surface area contributed by atoms with Crippen LogP contribution in [0.15, 0.2) is 22.6 Å². The molecule has 1 heterocycles. The van der Waals surface area contributed by atoms with Gasteiger partial charge in [-0.3, -0.25) is 9.59 Å². The molecule has 0 fully saturated rings. The van der Waals surface area contributed by atoms with Gasteiger partial charge in [0.05, 0.1) is 6.42 Å². The molecule has 0 spiro atoms. The van der Waals surface area contributed by atoms with Gasteiger partial charge < -0.3 is 10.1 Å². The van der Waals surface area contributed by atoms with Gasteiger partial charge in [0.2, 0.25) is 5.91 Å². The van der Waals surface area contributed by atoms with Gasteiger partial charge in [-0.15, -0.1) is 11.3 Å². The first-order chi connectivity index (χ1) is 8.22. The van der Waals surface area contributed by atoms with Crippen LogP contribution in [0.4, 0.5) is 0 Å². The fourth-order valence-electron chi connectivity index (χ4n) is 0.955. The maximum absolute atomic E-state index is 11.3. The number of azide groups is 1. The summed E-state index contributed by atoms with van der Waals surface area (Å²) in [5.41, 5.74) is 7.97. The van der Waals surface area contributed by atoms with Gasteiger partial charge in [0.25, 0.3) is 0 Å². The highest BCUT2D eigenvalue weighted by atomic mass is 32.1. The molecule has 0 aliphatic carbocycles. The Morgan fingerprint density at radius 1 is 1.59 bits per heavy atom. The van der Waals surface area contributed by atoms with Crippen molar-refractivity contribution in [3.05, 3.63) is 32.8 Å². The highest BCUT2D eigenvalue weighted by molar-refractivity contribution is 7.10. The Kier molecular flexibility index (Phi) is 5.56. The molecule has 0 aliphatic heterocycles. The minimum Gasteiger partial charge on any atom is -0.444 e. The van der Waals surface area contributed by atoms with E-state index in [1.54, 1.807) is 0 Å². The number of carbonyl (C=O) groups is 2. The summed E-state index contributed by atoms with van der Waals surface area (Å²) >= 11 is 1.46. The number of hydrogen-bond donors (Lipinski definition) is 1. The number of esters is 1. The Morgan fingerprint density at radius 3 is 3.06 bits per heavy atom. The van der Waals surface area contributed by atoms with Gasteiger partial charge in [0, 0.05) is 9.79 Å². The molecule has 0 saturated heterocycles. The molecular weight excluding hydrogens is 244 g/mol. The van der Waals surface area contributed by atoms with E-state index in [2.05, 4.69) is 15.3 Å². The molecule has 1 N–H and O–H groups in total. The van der Waals surface area contributed by atoms with Crippen molar-refractivity contribution in [3.8, 4) is 0 Å². The Labute approximate surface area is 101 Å². The fraction of sp³-hybridized carbons (Fsp3) is 0.333. The van der Waals surface area contributed by atoms with E-state index in [1.807, 2.05) is 17.5 Å². The standard InChI is InChI=1S/C9H10N4O3S/c10-13-12-5-8(14)11-6-16-9(15)4-7-2-1-3-17-7/h1-3H,4-6H2,(H,11,14). The summed E-state index contributed by atoms with van der Waals surface area (Å²) < 4.78 is 4.77. The lowest BCUT2D eigenvalue weighted by Crippen LogP contribution is -2.29. The zero-order valence-corrected chi connectivity index (χ0v) is 9.64. The summed E-state index contributed by atoms with van der Waals surface area (Å²) in [6.45, 7) is -0.525. The number of amides is 1. The quantitative estimate of drug-likeness (QED) is 0.271. The summed E-state index contributed by atoms with van der Waals surface area (Å²) in [5.74, 6) is -0.914. The van der Waals surface area contributed by atoms with Crippen molar-refractivity contribution < 1.29 is 14.3 Å². The molecule has 7 nitrogen and oxygen atoms in total. The number of thiophene rings is 1. The van der Waals surface area contributed by atoms with Gasteiger partial charge in [-0.1, -0.05) is 11.2 Å². The number of ether oxygens (including phenoxy) is 1. The summed E-state index contributed by atoms with van der Waals surface area (Å²) in [5, 5.41) is 7.21. The average Bonchev–Trinajstić information content (AvgIpc) is 2.79. The van der Waals surface area contributed by atoms with E-state index in [4.69, 9.17) is 10.3 Å². The molecule has 0 radical (unpaired) electrons. The summed E-state index contributed by atoms with van der Waals surface area (Å²) in [7, 11) is 0. The number of hydrogen-bond acceptors (Lipinski definition) is 5. The molecule has 17 heavy (non-hydrogen) atoms. The van der Waals surface area contributed by atoms with E-state index in [0.29, 0.717) is 0 Å². The predicted molar refractivity (Wildman–Crippen MR) is 61.1 cm³/mol. The molecule has 1 aromatic heterocycles. The molecule has 1 rings (SSSR count). The Hall–Kier alpha value is -2.05. The first-order valence-electron chi connectivity index (χ1n) is 4.68. The third-order valence-electron chi connectivity index (χ3n) is 1.68. The molecule has 90 valence electrons. The topological polar surface area (TPSA) is 104 Å². The second-order valence-electron chi connectivity index (χ2n) is 2.91. The van der Waals surface area contributed by atoms with Gasteiger partial charge in [0.15, 0.2) is 6.73 Å². The molecule has 0 saturated carbocycles. The minimum atomic E-state index is -0.494. The zero-order chi connectivity index (χ0) is 12.5. The van der Waals surface area contributed by atoms with E-state index >= 15 is 0 Å². The van der Waals surface area contributed by atoms with Crippen LogP contribution in [0.2, 0.25) is 0 Å². The van der Waals surface area contributed by atoms with E-state index in [0.717, 1.165) is 4.88 Å². The second-order valence-corrected chi connectivity index (χ2v) is 3.94. The molecule has 0 unspecified atom stereocenters. The third kappa shape index (κ3) is 5.55. The van der Waals surface area contributed by atoms with Crippen molar-refractivity contribution in [1.82, 2.24) is 5.32 Å². The highest BCUT2D eigenvalue weighted by Gasteiger charge is 2.06. The SMILES string of the molecule is [N-]=[N+]=NCC(=O)NCOC(=O)Cc1cccs1. The van der Waals surface area contributed by atoms with Crippen LogP contribution in [-0.4, -0.2) is 25.2 Å². The van der Waals surface area contributed by atoms with Crippen LogP contribution < -0.4 is 5.32 Å².